The van der Waals surface area contributed by atoms with Crippen molar-refractivity contribution in [1.82, 2.24) is 9.21 Å². The second-order valence-corrected chi connectivity index (χ2v) is 10.1. The Balaban J connectivity index is 1.57. The molecule has 2 aliphatic heterocycles. The summed E-state index contributed by atoms with van der Waals surface area (Å²) in [5, 5.41) is 1.79. The number of nitrogens with one attached hydrogen (secondary N) is 1. The van der Waals surface area contributed by atoms with Crippen LogP contribution in [0, 0.1) is 0 Å². The number of piperazine rings is 1. The van der Waals surface area contributed by atoms with E-state index in [1.807, 2.05) is 11.8 Å². The summed E-state index contributed by atoms with van der Waals surface area (Å²) >= 11 is 1.26. The fourth-order valence-electron chi connectivity index (χ4n) is 3.72. The highest BCUT2D eigenvalue weighted by molar-refractivity contribution is 7.91. The Bertz CT molecular complexity index is 659. The zero-order valence-electron chi connectivity index (χ0n) is 14.8. The monoisotopic (exact) mass is 386 g/mol. The number of hydrogen-bond acceptors (Lipinski definition) is 4. The van der Waals surface area contributed by atoms with Crippen LogP contribution in [0.15, 0.2) is 21.7 Å². The Morgan fingerprint density at radius 2 is 1.76 bits per heavy atom. The number of amides is 1. The average Bonchev–Trinajstić information content (AvgIpc) is 3.05. The molecule has 2 fully saturated rings. The van der Waals surface area contributed by atoms with Crippen LogP contribution in [-0.4, -0.2) is 68.8 Å². The molecular formula is C17H28N3O3S2+. The molecule has 1 aromatic heterocycles. The van der Waals surface area contributed by atoms with Crippen LogP contribution in [0.25, 0.3) is 0 Å². The van der Waals surface area contributed by atoms with Crippen LogP contribution in [-0.2, 0) is 14.8 Å². The van der Waals surface area contributed by atoms with E-state index in [9.17, 15) is 13.2 Å². The molecule has 1 atom stereocenters. The maximum absolute atomic E-state index is 12.8. The minimum atomic E-state index is -3.37. The summed E-state index contributed by atoms with van der Waals surface area (Å²) in [7, 11) is -3.37. The standard InChI is InChI=1S/C17H27N3O3S2/c1-15(17(21)19-8-4-2-3-5-9-19)18-10-12-20(13-11-18)25(22,23)16-7-6-14-24-16/h6-7,14-15H,2-5,8-13H2,1H3/p+1/t15-/m0/s1. The normalized spacial score (nSPS) is 22.5. The molecule has 3 heterocycles. The molecule has 1 N–H and O–H groups in total. The van der Waals surface area contributed by atoms with Gasteiger partial charge in [-0.2, -0.15) is 4.31 Å². The van der Waals surface area contributed by atoms with E-state index in [1.54, 1.807) is 21.8 Å². The first kappa shape index (κ1) is 18.8. The number of carbonyl (C=O) groups is 1. The molecule has 3 rings (SSSR count). The molecule has 0 spiro atoms. The van der Waals surface area contributed by atoms with Gasteiger partial charge in [0.1, 0.15) is 4.21 Å². The van der Waals surface area contributed by atoms with Gasteiger partial charge in [-0.15, -0.1) is 11.3 Å². The highest BCUT2D eigenvalue weighted by atomic mass is 32.2. The van der Waals surface area contributed by atoms with E-state index in [4.69, 9.17) is 0 Å². The zero-order valence-corrected chi connectivity index (χ0v) is 16.4. The Labute approximate surface area is 154 Å². The SMILES string of the molecule is C[C@@H](C(=O)N1CCCCCC1)[NH+]1CCN(S(=O)(=O)c2cccs2)CC1. The molecule has 0 unspecified atom stereocenters. The minimum absolute atomic E-state index is 0.0929. The van der Waals surface area contributed by atoms with Gasteiger partial charge in [0.25, 0.3) is 15.9 Å². The summed E-state index contributed by atoms with van der Waals surface area (Å²) in [4.78, 5) is 16.0. The highest BCUT2D eigenvalue weighted by Crippen LogP contribution is 2.20. The molecule has 0 saturated carbocycles. The van der Waals surface area contributed by atoms with Gasteiger partial charge in [-0.1, -0.05) is 18.9 Å². The molecule has 6 nitrogen and oxygen atoms in total. The van der Waals surface area contributed by atoms with Crippen LogP contribution in [0.1, 0.15) is 32.6 Å². The van der Waals surface area contributed by atoms with Crippen LogP contribution in [0.5, 0.6) is 0 Å². The topological polar surface area (TPSA) is 62.1 Å². The first-order valence-corrected chi connectivity index (χ1v) is 11.5. The average molecular weight is 387 g/mol. The van der Waals surface area contributed by atoms with E-state index in [-0.39, 0.29) is 11.9 Å². The van der Waals surface area contributed by atoms with Crippen molar-refractivity contribution in [3.63, 3.8) is 0 Å². The molecule has 0 aliphatic carbocycles. The number of rotatable bonds is 4. The molecule has 1 amide bonds. The van der Waals surface area contributed by atoms with Gasteiger partial charge >= 0.3 is 0 Å². The van der Waals surface area contributed by atoms with Crippen molar-refractivity contribution in [2.24, 2.45) is 0 Å². The quantitative estimate of drug-likeness (QED) is 0.816. The van der Waals surface area contributed by atoms with Crippen LogP contribution in [0.2, 0.25) is 0 Å². The third-order valence-electron chi connectivity index (χ3n) is 5.35. The Morgan fingerprint density at radius 3 is 2.32 bits per heavy atom. The first-order valence-electron chi connectivity index (χ1n) is 9.17. The number of sulfonamides is 1. The lowest BCUT2D eigenvalue weighted by Crippen LogP contribution is -3.19. The molecule has 0 bridgehead atoms. The second kappa shape index (κ2) is 8.16. The van der Waals surface area contributed by atoms with Gasteiger partial charge in [-0.3, -0.25) is 4.79 Å². The third kappa shape index (κ3) is 4.24. The molecule has 1 aromatic rings. The predicted octanol–water partition coefficient (Wildman–Crippen LogP) is 0.428. The van der Waals surface area contributed by atoms with E-state index in [1.165, 1.54) is 29.1 Å². The van der Waals surface area contributed by atoms with E-state index < -0.39 is 10.0 Å². The van der Waals surface area contributed by atoms with Crippen molar-refractivity contribution in [2.45, 2.75) is 42.9 Å². The first-order chi connectivity index (χ1) is 12.0. The largest absolute Gasteiger partial charge is 0.338 e. The van der Waals surface area contributed by atoms with Gasteiger partial charge in [-0.25, -0.2) is 8.42 Å². The second-order valence-electron chi connectivity index (χ2n) is 6.96. The predicted molar refractivity (Wildman–Crippen MR) is 98.3 cm³/mol. The molecule has 8 heteroatoms. The van der Waals surface area contributed by atoms with Crippen molar-refractivity contribution in [1.29, 1.82) is 0 Å². The number of hydrogen-bond donors (Lipinski definition) is 1. The van der Waals surface area contributed by atoms with Crippen molar-refractivity contribution < 1.29 is 18.1 Å². The number of thiophene rings is 1. The summed E-state index contributed by atoms with van der Waals surface area (Å²) in [6, 6.07) is 3.33. The minimum Gasteiger partial charge on any atom is -0.338 e. The summed E-state index contributed by atoms with van der Waals surface area (Å²) in [5.74, 6) is 0.228. The highest BCUT2D eigenvalue weighted by Gasteiger charge is 2.36. The molecule has 0 aromatic carbocycles. The molecular weight excluding hydrogens is 358 g/mol. The van der Waals surface area contributed by atoms with Gasteiger partial charge in [0, 0.05) is 13.1 Å². The van der Waals surface area contributed by atoms with Gasteiger partial charge in [-0.05, 0) is 31.2 Å². The maximum atomic E-state index is 12.8. The molecule has 2 aliphatic rings. The van der Waals surface area contributed by atoms with E-state index >= 15 is 0 Å². The Morgan fingerprint density at radius 1 is 1.12 bits per heavy atom. The van der Waals surface area contributed by atoms with Crippen LogP contribution < -0.4 is 4.90 Å². The van der Waals surface area contributed by atoms with Crippen molar-refractivity contribution in [3.8, 4) is 0 Å². The molecule has 2 saturated heterocycles. The lowest BCUT2D eigenvalue weighted by molar-refractivity contribution is -0.918. The number of likely N-dealkylation sites (tertiary alicyclic amines) is 1. The van der Waals surface area contributed by atoms with Crippen molar-refractivity contribution in [3.05, 3.63) is 17.5 Å². The van der Waals surface area contributed by atoms with Gasteiger partial charge in [0.2, 0.25) is 0 Å². The summed E-state index contributed by atoms with van der Waals surface area (Å²) < 4.78 is 27.2. The van der Waals surface area contributed by atoms with E-state index in [0.29, 0.717) is 30.4 Å². The smallest absolute Gasteiger partial charge is 0.280 e. The zero-order chi connectivity index (χ0) is 17.9. The fraction of sp³-hybridized carbons (Fsp3) is 0.706. The van der Waals surface area contributed by atoms with Crippen molar-refractivity contribution in [2.75, 3.05) is 39.3 Å². The Hall–Kier alpha value is -0.960. The molecule has 25 heavy (non-hydrogen) atoms. The fourth-order valence-corrected chi connectivity index (χ4v) is 6.31. The van der Waals surface area contributed by atoms with Crippen LogP contribution in [0.4, 0.5) is 0 Å². The molecule has 0 radical (unpaired) electrons. The van der Waals surface area contributed by atoms with Crippen LogP contribution in [0.3, 0.4) is 0 Å². The molecule has 140 valence electrons. The number of quaternary nitrogens is 1. The van der Waals surface area contributed by atoms with Crippen molar-refractivity contribution >= 4 is 27.3 Å². The lowest BCUT2D eigenvalue weighted by Gasteiger charge is -2.35. The van der Waals surface area contributed by atoms with Gasteiger partial charge in [0.05, 0.1) is 26.2 Å². The van der Waals surface area contributed by atoms with E-state index in [0.717, 1.165) is 25.9 Å². The number of carbonyl (C=O) groups excluding carboxylic acids is 1. The summed E-state index contributed by atoms with van der Waals surface area (Å²) in [5.41, 5.74) is 0. The third-order valence-corrected chi connectivity index (χ3v) is 8.63. The van der Waals surface area contributed by atoms with Gasteiger partial charge < -0.3 is 9.80 Å². The van der Waals surface area contributed by atoms with Crippen LogP contribution >= 0.6 is 11.3 Å². The lowest BCUT2D eigenvalue weighted by atomic mass is 10.2. The maximum Gasteiger partial charge on any atom is 0.280 e. The Kier molecular flexibility index (Phi) is 6.14. The number of nitrogens with zero attached hydrogens (tertiary/aromatic N) is 2. The summed E-state index contributed by atoms with van der Waals surface area (Å²) in [6.07, 6.45) is 4.62. The summed E-state index contributed by atoms with van der Waals surface area (Å²) in [6.45, 7) is 6.06. The van der Waals surface area contributed by atoms with Gasteiger partial charge in [0.15, 0.2) is 6.04 Å². The van der Waals surface area contributed by atoms with E-state index in [2.05, 4.69) is 0 Å².